The Hall–Kier alpha value is -1.36. The smallest absolute Gasteiger partial charge is 0.323 e. The van der Waals surface area contributed by atoms with Crippen LogP contribution in [-0.2, 0) is 9.59 Å². The lowest BCUT2D eigenvalue weighted by Gasteiger charge is -2.27. The van der Waals surface area contributed by atoms with Crippen LogP contribution in [0, 0.1) is 0 Å². The number of aliphatic carboxylic acids is 1. The highest BCUT2D eigenvalue weighted by atomic mass is 79.9. The highest BCUT2D eigenvalue weighted by Crippen LogP contribution is 2.20. The number of hydrogen-bond acceptors (Lipinski definition) is 2. The van der Waals surface area contributed by atoms with E-state index in [9.17, 15) is 9.59 Å². The summed E-state index contributed by atoms with van der Waals surface area (Å²) in [7, 11) is 0. The molecule has 17 heavy (non-hydrogen) atoms. The summed E-state index contributed by atoms with van der Waals surface area (Å²) in [6, 6.07) is 9.11. The Balaban J connectivity index is 2.90. The predicted octanol–water partition coefficient (Wildman–Crippen LogP) is 2.06. The molecule has 1 amide bonds. The van der Waals surface area contributed by atoms with Crippen LogP contribution < -0.4 is 0 Å². The molecule has 0 aliphatic rings. The second-order valence-electron chi connectivity index (χ2n) is 3.64. The van der Waals surface area contributed by atoms with Crippen LogP contribution in [0.25, 0.3) is 0 Å². The first-order chi connectivity index (χ1) is 8.06. The first-order valence-corrected chi connectivity index (χ1v) is 6.30. The van der Waals surface area contributed by atoms with Gasteiger partial charge in [-0.15, -0.1) is 0 Å². The van der Waals surface area contributed by atoms with Gasteiger partial charge in [0.25, 0.3) is 0 Å². The van der Waals surface area contributed by atoms with E-state index in [1.807, 2.05) is 37.3 Å². The topological polar surface area (TPSA) is 57.6 Å². The molecule has 0 aliphatic heterocycles. The van der Waals surface area contributed by atoms with Crippen molar-refractivity contribution in [1.29, 1.82) is 0 Å². The van der Waals surface area contributed by atoms with Crippen molar-refractivity contribution in [2.45, 2.75) is 13.0 Å². The highest BCUT2D eigenvalue weighted by molar-refractivity contribution is 9.09. The number of amides is 1. The Morgan fingerprint density at radius 2 is 1.94 bits per heavy atom. The molecule has 0 fully saturated rings. The number of carboxylic acid groups (broad SMARTS) is 1. The average molecular weight is 300 g/mol. The van der Waals surface area contributed by atoms with Gasteiger partial charge in [0, 0.05) is 0 Å². The third-order valence-electron chi connectivity index (χ3n) is 2.49. The van der Waals surface area contributed by atoms with Crippen LogP contribution in [0.1, 0.15) is 18.5 Å². The van der Waals surface area contributed by atoms with Crippen LogP contribution in [-0.4, -0.2) is 33.8 Å². The lowest BCUT2D eigenvalue weighted by molar-refractivity contribution is -0.144. The molecule has 1 aromatic rings. The Morgan fingerprint density at radius 1 is 1.35 bits per heavy atom. The minimum Gasteiger partial charge on any atom is -0.480 e. The average Bonchev–Trinajstić information content (AvgIpc) is 2.35. The van der Waals surface area contributed by atoms with Gasteiger partial charge < -0.3 is 10.0 Å². The number of carbonyl (C=O) groups excluding carboxylic acids is 1. The molecule has 1 rings (SSSR count). The molecule has 0 heterocycles. The third kappa shape index (κ3) is 3.85. The summed E-state index contributed by atoms with van der Waals surface area (Å²) in [5, 5.41) is 8.94. The predicted molar refractivity (Wildman–Crippen MR) is 68.0 cm³/mol. The van der Waals surface area contributed by atoms with Crippen molar-refractivity contribution < 1.29 is 14.7 Å². The minimum absolute atomic E-state index is 0.122. The van der Waals surface area contributed by atoms with Crippen molar-refractivity contribution >= 4 is 27.8 Å². The fourth-order valence-electron chi connectivity index (χ4n) is 1.58. The molecule has 0 radical (unpaired) electrons. The SMILES string of the molecule is CC(c1ccccc1)N(CC(=O)O)C(=O)CBr. The van der Waals surface area contributed by atoms with Gasteiger partial charge in [0.2, 0.25) is 5.91 Å². The Kier molecular flexibility index (Phi) is 5.15. The molecule has 0 saturated carbocycles. The number of rotatable bonds is 5. The minimum atomic E-state index is -1.01. The number of carboxylic acids is 1. The van der Waals surface area contributed by atoms with Crippen molar-refractivity contribution in [3.63, 3.8) is 0 Å². The molecule has 1 unspecified atom stereocenters. The van der Waals surface area contributed by atoms with Gasteiger partial charge in [-0.25, -0.2) is 0 Å². The van der Waals surface area contributed by atoms with E-state index in [1.54, 1.807) is 0 Å². The van der Waals surface area contributed by atoms with E-state index in [1.165, 1.54) is 4.90 Å². The van der Waals surface area contributed by atoms with Crippen LogP contribution in [0.2, 0.25) is 0 Å². The number of benzene rings is 1. The van der Waals surface area contributed by atoms with Gasteiger partial charge in [0.05, 0.1) is 11.4 Å². The van der Waals surface area contributed by atoms with Gasteiger partial charge in [-0.3, -0.25) is 9.59 Å². The van der Waals surface area contributed by atoms with Crippen LogP contribution in [0.15, 0.2) is 30.3 Å². The van der Waals surface area contributed by atoms with Crippen molar-refractivity contribution in [2.75, 3.05) is 11.9 Å². The molecule has 0 aromatic heterocycles. The van der Waals surface area contributed by atoms with Gasteiger partial charge in [0.1, 0.15) is 6.54 Å². The molecular weight excluding hydrogens is 286 g/mol. The largest absolute Gasteiger partial charge is 0.480 e. The highest BCUT2D eigenvalue weighted by Gasteiger charge is 2.22. The Morgan fingerprint density at radius 3 is 2.41 bits per heavy atom. The van der Waals surface area contributed by atoms with Gasteiger partial charge in [-0.1, -0.05) is 46.3 Å². The molecule has 0 bridgehead atoms. The molecule has 92 valence electrons. The van der Waals surface area contributed by atoms with E-state index in [-0.39, 0.29) is 23.8 Å². The summed E-state index contributed by atoms with van der Waals surface area (Å²) in [5.74, 6) is -1.24. The van der Waals surface area contributed by atoms with Crippen molar-refractivity contribution in [3.8, 4) is 0 Å². The summed E-state index contributed by atoms with van der Waals surface area (Å²) >= 11 is 3.06. The maximum Gasteiger partial charge on any atom is 0.323 e. The van der Waals surface area contributed by atoms with Crippen molar-refractivity contribution in [2.24, 2.45) is 0 Å². The van der Waals surface area contributed by atoms with Crippen LogP contribution in [0.4, 0.5) is 0 Å². The number of carbonyl (C=O) groups is 2. The number of alkyl halides is 1. The zero-order valence-corrected chi connectivity index (χ0v) is 11.1. The Labute approximate surface area is 108 Å². The third-order valence-corrected chi connectivity index (χ3v) is 2.97. The molecule has 1 aromatic carbocycles. The molecule has 1 N–H and O–H groups in total. The lowest BCUT2D eigenvalue weighted by atomic mass is 10.1. The standard InChI is InChI=1S/C12H14BrNO3/c1-9(10-5-3-2-4-6-10)14(8-12(16)17)11(15)7-13/h2-6,9H,7-8H2,1H3,(H,16,17). The molecule has 4 nitrogen and oxygen atoms in total. The number of hydrogen-bond donors (Lipinski definition) is 1. The molecule has 0 saturated heterocycles. The summed E-state index contributed by atoms with van der Waals surface area (Å²) in [5.41, 5.74) is 0.919. The zero-order valence-electron chi connectivity index (χ0n) is 9.47. The van der Waals surface area contributed by atoms with E-state index in [0.29, 0.717) is 0 Å². The van der Waals surface area contributed by atoms with Gasteiger partial charge in [-0.2, -0.15) is 0 Å². The van der Waals surface area contributed by atoms with Crippen LogP contribution >= 0.6 is 15.9 Å². The maximum absolute atomic E-state index is 11.7. The molecule has 0 spiro atoms. The normalized spacial score (nSPS) is 11.9. The van der Waals surface area contributed by atoms with Crippen LogP contribution in [0.5, 0.6) is 0 Å². The monoisotopic (exact) mass is 299 g/mol. The Bertz CT molecular complexity index is 394. The molecule has 0 aliphatic carbocycles. The number of halogens is 1. The number of nitrogens with zero attached hydrogens (tertiary/aromatic N) is 1. The van der Waals surface area contributed by atoms with E-state index in [4.69, 9.17) is 5.11 Å². The summed E-state index contributed by atoms with van der Waals surface area (Å²) in [6.45, 7) is 1.53. The van der Waals surface area contributed by atoms with E-state index in [0.717, 1.165) is 5.56 Å². The fourth-order valence-corrected chi connectivity index (χ4v) is 1.90. The van der Waals surface area contributed by atoms with E-state index in [2.05, 4.69) is 15.9 Å². The first-order valence-electron chi connectivity index (χ1n) is 5.18. The van der Waals surface area contributed by atoms with Gasteiger partial charge in [-0.05, 0) is 12.5 Å². The molecular formula is C12H14BrNO3. The fraction of sp³-hybridized carbons (Fsp3) is 0.333. The summed E-state index contributed by atoms with van der Waals surface area (Å²) in [6.07, 6.45) is 0. The van der Waals surface area contributed by atoms with Crippen molar-refractivity contribution in [3.05, 3.63) is 35.9 Å². The second-order valence-corrected chi connectivity index (χ2v) is 4.20. The summed E-state index contributed by atoms with van der Waals surface area (Å²) < 4.78 is 0. The van der Waals surface area contributed by atoms with Crippen LogP contribution in [0.3, 0.4) is 0 Å². The maximum atomic E-state index is 11.7. The summed E-state index contributed by atoms with van der Waals surface area (Å²) in [4.78, 5) is 23.8. The quantitative estimate of drug-likeness (QED) is 0.847. The molecule has 1 atom stereocenters. The second kappa shape index (κ2) is 6.39. The van der Waals surface area contributed by atoms with Gasteiger partial charge in [0.15, 0.2) is 0 Å². The van der Waals surface area contributed by atoms with Crippen molar-refractivity contribution in [1.82, 2.24) is 4.90 Å². The zero-order chi connectivity index (χ0) is 12.8. The van der Waals surface area contributed by atoms with E-state index < -0.39 is 5.97 Å². The first kappa shape index (κ1) is 13.7. The lowest BCUT2D eigenvalue weighted by Crippen LogP contribution is -2.38. The van der Waals surface area contributed by atoms with E-state index >= 15 is 0 Å². The van der Waals surface area contributed by atoms with Gasteiger partial charge >= 0.3 is 5.97 Å². The molecule has 5 heteroatoms.